The lowest BCUT2D eigenvalue weighted by Crippen LogP contribution is -2.44. The predicted molar refractivity (Wildman–Crippen MR) is 62.2 cm³/mol. The molecule has 16 heavy (non-hydrogen) atoms. The number of ether oxygens (including phenoxy) is 1. The lowest BCUT2D eigenvalue weighted by atomic mass is 10.1. The molecule has 1 atom stereocenters. The smallest absolute Gasteiger partial charge is 0.225 e. The lowest BCUT2D eigenvalue weighted by Gasteiger charge is -2.33. The Kier molecular flexibility index (Phi) is 3.56. The van der Waals surface area contributed by atoms with Crippen LogP contribution in [0, 0.1) is 5.92 Å². The van der Waals surface area contributed by atoms with Gasteiger partial charge in [-0.15, -0.1) is 11.3 Å². The summed E-state index contributed by atoms with van der Waals surface area (Å²) in [6.45, 7) is 5.78. The number of nitrogens with zero attached hydrogens (tertiary/aromatic N) is 2. The summed E-state index contributed by atoms with van der Waals surface area (Å²) in [4.78, 5) is 18.0. The van der Waals surface area contributed by atoms with E-state index in [0.717, 1.165) is 5.01 Å². The molecule has 2 heterocycles. The van der Waals surface area contributed by atoms with Gasteiger partial charge in [-0.05, 0) is 0 Å². The van der Waals surface area contributed by atoms with E-state index in [1.807, 2.05) is 24.1 Å². The van der Waals surface area contributed by atoms with Crippen LogP contribution in [-0.4, -0.2) is 35.5 Å². The van der Waals surface area contributed by atoms with Gasteiger partial charge >= 0.3 is 0 Å². The molecule has 1 aromatic rings. The predicted octanol–water partition coefficient (Wildman–Crippen LogP) is 1.70. The highest BCUT2D eigenvalue weighted by Crippen LogP contribution is 2.24. The zero-order chi connectivity index (χ0) is 11.5. The van der Waals surface area contributed by atoms with Crippen LogP contribution in [0.2, 0.25) is 0 Å². The topological polar surface area (TPSA) is 42.4 Å². The van der Waals surface area contributed by atoms with Crippen LogP contribution in [-0.2, 0) is 9.53 Å². The molecule has 1 aromatic heterocycles. The second kappa shape index (κ2) is 4.93. The number of hydrogen-bond donors (Lipinski definition) is 0. The van der Waals surface area contributed by atoms with E-state index in [9.17, 15) is 4.79 Å². The van der Waals surface area contributed by atoms with E-state index in [4.69, 9.17) is 4.74 Å². The van der Waals surface area contributed by atoms with E-state index in [2.05, 4.69) is 4.98 Å². The first-order valence-electron chi connectivity index (χ1n) is 5.48. The normalized spacial score (nSPS) is 21.4. The molecular weight excluding hydrogens is 224 g/mol. The quantitative estimate of drug-likeness (QED) is 0.790. The van der Waals surface area contributed by atoms with E-state index in [0.29, 0.717) is 19.7 Å². The highest BCUT2D eigenvalue weighted by Gasteiger charge is 2.27. The number of carbonyl (C=O) groups excluding carboxylic acids is 1. The van der Waals surface area contributed by atoms with Crippen LogP contribution >= 0.6 is 11.3 Å². The van der Waals surface area contributed by atoms with Gasteiger partial charge in [-0.3, -0.25) is 4.79 Å². The van der Waals surface area contributed by atoms with Gasteiger partial charge in [0, 0.05) is 24.0 Å². The minimum Gasteiger partial charge on any atom is -0.367 e. The second-order valence-electron chi connectivity index (χ2n) is 4.17. The molecule has 1 aliphatic rings. The third kappa shape index (κ3) is 2.41. The summed E-state index contributed by atoms with van der Waals surface area (Å²) in [6, 6.07) is 0. The Bertz CT molecular complexity index is 351. The number of aromatic nitrogens is 1. The molecule has 0 aliphatic carbocycles. The molecule has 4 nitrogen and oxygen atoms in total. The first kappa shape index (κ1) is 11.5. The van der Waals surface area contributed by atoms with Gasteiger partial charge in [-0.2, -0.15) is 0 Å². The first-order valence-corrected chi connectivity index (χ1v) is 6.36. The Morgan fingerprint density at radius 3 is 3.12 bits per heavy atom. The molecule has 1 fully saturated rings. The second-order valence-corrected chi connectivity index (χ2v) is 5.09. The van der Waals surface area contributed by atoms with Gasteiger partial charge in [-0.25, -0.2) is 4.98 Å². The third-order valence-electron chi connectivity index (χ3n) is 2.60. The average Bonchev–Trinajstić information content (AvgIpc) is 2.81. The molecule has 1 amide bonds. The third-order valence-corrected chi connectivity index (χ3v) is 3.47. The summed E-state index contributed by atoms with van der Waals surface area (Å²) in [6.07, 6.45) is 1.73. The minimum absolute atomic E-state index is 0.0450. The molecular formula is C11H16N2O2S. The van der Waals surface area contributed by atoms with E-state index >= 15 is 0 Å². The van der Waals surface area contributed by atoms with Crippen molar-refractivity contribution in [2.24, 2.45) is 5.92 Å². The van der Waals surface area contributed by atoms with Crippen LogP contribution in [0.15, 0.2) is 11.6 Å². The molecule has 88 valence electrons. The van der Waals surface area contributed by atoms with Crippen LogP contribution in [0.3, 0.4) is 0 Å². The average molecular weight is 240 g/mol. The fraction of sp³-hybridized carbons (Fsp3) is 0.636. The van der Waals surface area contributed by atoms with Crippen molar-refractivity contribution in [1.82, 2.24) is 9.88 Å². The van der Waals surface area contributed by atoms with Gasteiger partial charge in [0.2, 0.25) is 5.91 Å². The summed E-state index contributed by atoms with van der Waals surface area (Å²) >= 11 is 1.58. The van der Waals surface area contributed by atoms with Gasteiger partial charge in [-0.1, -0.05) is 13.8 Å². The van der Waals surface area contributed by atoms with Crippen LogP contribution in [0.25, 0.3) is 0 Å². The molecule has 2 rings (SSSR count). The molecule has 0 spiro atoms. The Morgan fingerprint density at radius 1 is 1.69 bits per heavy atom. The number of amides is 1. The monoisotopic (exact) mass is 240 g/mol. The Labute approximate surface area is 99.2 Å². The fourth-order valence-corrected chi connectivity index (χ4v) is 2.43. The van der Waals surface area contributed by atoms with Gasteiger partial charge in [0.05, 0.1) is 13.2 Å². The van der Waals surface area contributed by atoms with Gasteiger partial charge in [0.25, 0.3) is 0 Å². The van der Waals surface area contributed by atoms with Gasteiger partial charge < -0.3 is 9.64 Å². The van der Waals surface area contributed by atoms with Crippen LogP contribution in [0.5, 0.6) is 0 Å². The van der Waals surface area contributed by atoms with Crippen molar-refractivity contribution < 1.29 is 9.53 Å². The molecule has 1 aliphatic heterocycles. The summed E-state index contributed by atoms with van der Waals surface area (Å²) in [7, 11) is 0. The molecule has 5 heteroatoms. The summed E-state index contributed by atoms with van der Waals surface area (Å²) < 4.78 is 5.64. The van der Waals surface area contributed by atoms with E-state index in [1.165, 1.54) is 0 Å². The molecule has 0 aromatic carbocycles. The largest absolute Gasteiger partial charge is 0.367 e. The Balaban J connectivity index is 2.02. The van der Waals surface area contributed by atoms with Crippen molar-refractivity contribution >= 4 is 17.2 Å². The van der Waals surface area contributed by atoms with Crippen molar-refractivity contribution in [3.8, 4) is 0 Å². The summed E-state index contributed by atoms with van der Waals surface area (Å²) in [5, 5.41) is 2.89. The number of thiazole rings is 1. The van der Waals surface area contributed by atoms with Gasteiger partial charge in [0.1, 0.15) is 11.1 Å². The highest BCUT2D eigenvalue weighted by atomic mass is 32.1. The molecule has 0 radical (unpaired) electrons. The SMILES string of the molecule is CC(C)C(=O)N1CCOC(c2nccs2)C1. The van der Waals surface area contributed by atoms with E-state index < -0.39 is 0 Å². The van der Waals surface area contributed by atoms with E-state index in [-0.39, 0.29) is 17.9 Å². The van der Waals surface area contributed by atoms with Crippen LogP contribution in [0.1, 0.15) is 25.0 Å². The maximum Gasteiger partial charge on any atom is 0.225 e. The molecule has 0 saturated carbocycles. The van der Waals surface area contributed by atoms with Crippen molar-refractivity contribution in [3.05, 3.63) is 16.6 Å². The van der Waals surface area contributed by atoms with E-state index in [1.54, 1.807) is 17.5 Å². The van der Waals surface area contributed by atoms with Crippen molar-refractivity contribution in [2.75, 3.05) is 19.7 Å². The first-order chi connectivity index (χ1) is 7.68. The molecule has 0 N–H and O–H groups in total. The highest BCUT2D eigenvalue weighted by molar-refractivity contribution is 7.09. The Hall–Kier alpha value is -0.940. The van der Waals surface area contributed by atoms with Gasteiger partial charge in [0.15, 0.2) is 0 Å². The summed E-state index contributed by atoms with van der Waals surface area (Å²) in [5.41, 5.74) is 0. The van der Waals surface area contributed by atoms with Crippen molar-refractivity contribution in [2.45, 2.75) is 20.0 Å². The standard InChI is InChI=1S/C11H16N2O2S/c1-8(2)11(14)13-4-5-15-9(7-13)10-12-3-6-16-10/h3,6,8-9H,4-5,7H2,1-2H3. The van der Waals surface area contributed by atoms with Crippen LogP contribution in [0.4, 0.5) is 0 Å². The lowest BCUT2D eigenvalue weighted by molar-refractivity contribution is -0.142. The fourth-order valence-electron chi connectivity index (χ4n) is 1.76. The van der Waals surface area contributed by atoms with Crippen molar-refractivity contribution in [3.63, 3.8) is 0 Å². The maximum absolute atomic E-state index is 11.9. The molecule has 1 saturated heterocycles. The zero-order valence-corrected chi connectivity index (χ0v) is 10.4. The van der Waals surface area contributed by atoms with Crippen molar-refractivity contribution in [1.29, 1.82) is 0 Å². The minimum atomic E-state index is -0.0450. The Morgan fingerprint density at radius 2 is 2.50 bits per heavy atom. The number of morpholine rings is 1. The maximum atomic E-state index is 11.9. The number of rotatable bonds is 2. The van der Waals surface area contributed by atoms with Crippen LogP contribution < -0.4 is 0 Å². The zero-order valence-electron chi connectivity index (χ0n) is 9.55. The summed E-state index contributed by atoms with van der Waals surface area (Å²) in [5.74, 6) is 0.250. The molecule has 1 unspecified atom stereocenters. The number of hydrogen-bond acceptors (Lipinski definition) is 4. The molecule has 0 bridgehead atoms. The number of carbonyl (C=O) groups is 1.